The number of benzene rings is 1. The summed E-state index contributed by atoms with van der Waals surface area (Å²) in [6.45, 7) is 0. The molecule has 0 bridgehead atoms. The molecule has 0 aliphatic rings. The van der Waals surface area contributed by atoms with Crippen LogP contribution in [0.3, 0.4) is 0 Å². The number of carbonyl (C=O) groups is 1. The number of rotatable bonds is 2. The number of halogens is 6. The fourth-order valence-electron chi connectivity index (χ4n) is 1.02. The molecule has 0 atom stereocenters. The first-order chi connectivity index (χ1) is 8.59. The first-order valence-corrected chi connectivity index (χ1v) is 5.63. The molecule has 1 aromatic carbocycles. The van der Waals surface area contributed by atoms with Crippen molar-refractivity contribution in [3.63, 3.8) is 0 Å². The Bertz CT molecular complexity index is 550. The molecule has 0 fully saturated rings. The zero-order chi connectivity index (χ0) is 14.8. The molecule has 1 amide bonds. The molecule has 0 aliphatic carbocycles. The Morgan fingerprint density at radius 3 is 2.26 bits per heavy atom. The molecular weight excluding hydrogens is 386 g/mol. The quantitative estimate of drug-likeness (QED) is 0.623. The van der Waals surface area contributed by atoms with Crippen molar-refractivity contribution in [3.05, 3.63) is 27.3 Å². The molecular formula is C10H4F5IN2O. The van der Waals surface area contributed by atoms with Gasteiger partial charge in [-0.1, -0.05) is 0 Å². The Kier molecular flexibility index (Phi) is 4.34. The van der Waals surface area contributed by atoms with E-state index in [-0.39, 0.29) is 14.8 Å². The monoisotopic (exact) mass is 390 g/mol. The number of nitrogens with one attached hydrogen (secondary N) is 1. The van der Waals surface area contributed by atoms with Gasteiger partial charge in [0.25, 0.3) is 0 Å². The molecule has 0 spiro atoms. The van der Waals surface area contributed by atoms with Crippen molar-refractivity contribution in [1.82, 2.24) is 0 Å². The van der Waals surface area contributed by atoms with E-state index in [9.17, 15) is 26.7 Å². The maximum atomic E-state index is 12.7. The summed E-state index contributed by atoms with van der Waals surface area (Å²) in [5, 5.41) is 10.0. The maximum Gasteiger partial charge on any atom is 0.463 e. The normalized spacial score (nSPS) is 11.8. The highest BCUT2D eigenvalue weighted by Crippen LogP contribution is 2.36. The van der Waals surface area contributed by atoms with Crippen LogP contribution in [0.4, 0.5) is 27.6 Å². The van der Waals surface area contributed by atoms with E-state index in [1.807, 2.05) is 0 Å². The molecule has 1 rings (SSSR count). The molecule has 3 nitrogen and oxygen atoms in total. The fourth-order valence-corrected chi connectivity index (χ4v) is 1.67. The minimum Gasteiger partial charge on any atom is -0.320 e. The summed E-state index contributed by atoms with van der Waals surface area (Å²) in [4.78, 5) is 10.9. The highest BCUT2D eigenvalue weighted by atomic mass is 127. The Morgan fingerprint density at radius 2 is 1.84 bits per heavy atom. The first kappa shape index (κ1) is 15.6. The van der Waals surface area contributed by atoms with E-state index in [2.05, 4.69) is 0 Å². The number of nitrogens with zero attached hydrogens (tertiary/aromatic N) is 1. The molecule has 0 heterocycles. The van der Waals surface area contributed by atoms with Gasteiger partial charge in [-0.2, -0.15) is 27.2 Å². The smallest absolute Gasteiger partial charge is 0.320 e. The van der Waals surface area contributed by atoms with Crippen LogP contribution in [0.15, 0.2) is 18.2 Å². The third-order valence-electron chi connectivity index (χ3n) is 1.99. The molecule has 0 radical (unpaired) electrons. The molecule has 0 aromatic heterocycles. The Balaban J connectivity index is 2.99. The van der Waals surface area contributed by atoms with Gasteiger partial charge in [-0.05, 0) is 40.8 Å². The van der Waals surface area contributed by atoms with E-state index in [1.165, 1.54) is 17.4 Å². The summed E-state index contributed by atoms with van der Waals surface area (Å²) >= 11 is 1.60. The Morgan fingerprint density at radius 1 is 1.26 bits per heavy atom. The van der Waals surface area contributed by atoms with E-state index >= 15 is 0 Å². The van der Waals surface area contributed by atoms with Crippen molar-refractivity contribution in [2.75, 3.05) is 5.32 Å². The maximum absolute atomic E-state index is 12.7. The van der Waals surface area contributed by atoms with Crippen LogP contribution in [-0.2, 0) is 4.79 Å². The van der Waals surface area contributed by atoms with Crippen LogP contribution in [0.1, 0.15) is 5.56 Å². The van der Waals surface area contributed by atoms with Crippen molar-refractivity contribution in [2.24, 2.45) is 0 Å². The van der Waals surface area contributed by atoms with E-state index < -0.39 is 18.0 Å². The van der Waals surface area contributed by atoms with Crippen LogP contribution in [0.25, 0.3) is 0 Å². The van der Waals surface area contributed by atoms with Gasteiger partial charge in [0.15, 0.2) is 0 Å². The molecule has 1 aromatic rings. The van der Waals surface area contributed by atoms with E-state index in [4.69, 9.17) is 5.26 Å². The minimum atomic E-state index is -5.96. The number of alkyl halides is 5. The summed E-state index contributed by atoms with van der Waals surface area (Å²) < 4.78 is 61.4. The summed E-state index contributed by atoms with van der Waals surface area (Å²) in [6.07, 6.45) is -5.96. The lowest BCUT2D eigenvalue weighted by molar-refractivity contribution is -0.267. The number of hydrogen-bond acceptors (Lipinski definition) is 2. The lowest BCUT2D eigenvalue weighted by atomic mass is 10.2. The highest BCUT2D eigenvalue weighted by Gasteiger charge is 2.63. The summed E-state index contributed by atoms with van der Waals surface area (Å²) in [7, 11) is 0. The SMILES string of the molecule is N#Cc1ccc(NC(=O)C(F)(F)C(F)(F)F)c(I)c1. The second-order valence-corrected chi connectivity index (χ2v) is 4.49. The topological polar surface area (TPSA) is 52.9 Å². The molecule has 0 saturated carbocycles. The second kappa shape index (κ2) is 5.28. The number of amides is 1. The molecule has 102 valence electrons. The van der Waals surface area contributed by atoms with Gasteiger partial charge < -0.3 is 5.32 Å². The van der Waals surface area contributed by atoms with Gasteiger partial charge in [0.1, 0.15) is 0 Å². The second-order valence-electron chi connectivity index (χ2n) is 3.33. The van der Waals surface area contributed by atoms with Crippen LogP contribution < -0.4 is 5.32 Å². The summed E-state index contributed by atoms with van der Waals surface area (Å²) in [5.41, 5.74) is -0.0431. The summed E-state index contributed by atoms with van der Waals surface area (Å²) in [5.74, 6) is -7.95. The van der Waals surface area contributed by atoms with E-state index in [1.54, 1.807) is 28.7 Å². The van der Waals surface area contributed by atoms with Crippen molar-refractivity contribution in [3.8, 4) is 6.07 Å². The minimum absolute atomic E-state index is 0.169. The third-order valence-corrected chi connectivity index (χ3v) is 2.88. The predicted octanol–water partition coefficient (Wildman–Crippen LogP) is 3.30. The Labute approximate surface area is 117 Å². The average Bonchev–Trinajstić information content (AvgIpc) is 2.30. The Hall–Kier alpha value is -1.44. The van der Waals surface area contributed by atoms with E-state index in [0.717, 1.165) is 6.07 Å². The highest BCUT2D eigenvalue weighted by molar-refractivity contribution is 14.1. The van der Waals surface area contributed by atoms with Crippen LogP contribution in [-0.4, -0.2) is 18.0 Å². The van der Waals surface area contributed by atoms with Crippen molar-refractivity contribution in [2.45, 2.75) is 12.1 Å². The van der Waals surface area contributed by atoms with Gasteiger partial charge >= 0.3 is 18.0 Å². The molecule has 0 saturated heterocycles. The van der Waals surface area contributed by atoms with Crippen LogP contribution >= 0.6 is 22.6 Å². The zero-order valence-electron chi connectivity index (χ0n) is 8.86. The van der Waals surface area contributed by atoms with Gasteiger partial charge in [-0.15, -0.1) is 0 Å². The number of carbonyl (C=O) groups excluding carboxylic acids is 1. The van der Waals surface area contributed by atoms with Crippen LogP contribution in [0.5, 0.6) is 0 Å². The standard InChI is InChI=1S/C10H4F5IN2O/c11-9(12,10(13,14)15)8(19)18-7-2-1-5(4-17)3-6(7)16/h1-3H,(H,18,19). The molecule has 1 N–H and O–H groups in total. The molecule has 0 aliphatic heterocycles. The van der Waals surface area contributed by atoms with Gasteiger partial charge in [0.05, 0.1) is 17.3 Å². The number of nitriles is 1. The molecule has 9 heteroatoms. The zero-order valence-corrected chi connectivity index (χ0v) is 11.0. The summed E-state index contributed by atoms with van der Waals surface area (Å²) in [6, 6.07) is 5.25. The fraction of sp³-hybridized carbons (Fsp3) is 0.200. The van der Waals surface area contributed by atoms with Gasteiger partial charge in [-0.3, -0.25) is 4.79 Å². The third kappa shape index (κ3) is 3.31. The van der Waals surface area contributed by atoms with E-state index in [0.29, 0.717) is 0 Å². The lowest BCUT2D eigenvalue weighted by Crippen LogP contribution is -2.47. The molecule has 0 unspecified atom stereocenters. The van der Waals surface area contributed by atoms with Crippen molar-refractivity contribution >= 4 is 34.2 Å². The number of hydrogen-bond donors (Lipinski definition) is 1. The lowest BCUT2D eigenvalue weighted by Gasteiger charge is -2.19. The number of anilines is 1. The van der Waals surface area contributed by atoms with Crippen LogP contribution in [0, 0.1) is 14.9 Å². The van der Waals surface area contributed by atoms with Gasteiger partial charge in [0, 0.05) is 3.57 Å². The first-order valence-electron chi connectivity index (χ1n) is 4.55. The van der Waals surface area contributed by atoms with Crippen molar-refractivity contribution < 1.29 is 26.7 Å². The van der Waals surface area contributed by atoms with Gasteiger partial charge in [0.2, 0.25) is 0 Å². The largest absolute Gasteiger partial charge is 0.463 e. The van der Waals surface area contributed by atoms with Gasteiger partial charge in [-0.25, -0.2) is 0 Å². The predicted molar refractivity (Wildman–Crippen MR) is 63.5 cm³/mol. The molecule has 19 heavy (non-hydrogen) atoms. The van der Waals surface area contributed by atoms with Crippen LogP contribution in [0.2, 0.25) is 0 Å². The average molecular weight is 390 g/mol. The van der Waals surface area contributed by atoms with Crippen molar-refractivity contribution in [1.29, 1.82) is 5.26 Å².